The summed E-state index contributed by atoms with van der Waals surface area (Å²) < 4.78 is 29.3. The first-order valence-electron chi connectivity index (χ1n) is 7.74. The summed E-state index contributed by atoms with van der Waals surface area (Å²) in [7, 11) is -3.56. The minimum Gasteiger partial charge on any atom is -0.480 e. The van der Waals surface area contributed by atoms with E-state index >= 15 is 0 Å². The molecule has 0 saturated carbocycles. The molecule has 0 aliphatic carbocycles. The Labute approximate surface area is 140 Å². The highest BCUT2D eigenvalue weighted by atomic mass is 32.2. The monoisotopic (exact) mass is 349 g/mol. The first-order chi connectivity index (χ1) is 11.4. The first kappa shape index (κ1) is 16.7. The number of fused-ring (bicyclic) bond motifs is 1. The molecule has 3 rings (SSSR count). The predicted octanol–water partition coefficient (Wildman–Crippen LogP) is 1.80. The van der Waals surface area contributed by atoms with E-state index in [1.165, 1.54) is 0 Å². The molecule has 1 N–H and O–H groups in total. The summed E-state index contributed by atoms with van der Waals surface area (Å²) in [5, 5.41) is 8.62. The smallest absolute Gasteiger partial charge is 0.318 e. The van der Waals surface area contributed by atoms with Crippen LogP contribution in [0.3, 0.4) is 0 Å². The van der Waals surface area contributed by atoms with Crippen molar-refractivity contribution in [2.24, 2.45) is 0 Å². The Morgan fingerprint density at radius 3 is 2.71 bits per heavy atom. The van der Waals surface area contributed by atoms with E-state index in [0.29, 0.717) is 19.6 Å². The molecule has 6 nitrogen and oxygen atoms in total. The molecule has 0 amide bonds. The number of sulfone groups is 1. The van der Waals surface area contributed by atoms with Gasteiger partial charge in [0.2, 0.25) is 0 Å². The molecule has 128 valence electrons. The van der Waals surface area contributed by atoms with Crippen LogP contribution in [-0.2, 0) is 27.6 Å². The average molecular weight is 349 g/mol. The van der Waals surface area contributed by atoms with Crippen LogP contribution in [0.25, 0.3) is 11.3 Å². The second-order valence-electron chi connectivity index (χ2n) is 5.94. The molecule has 1 aliphatic rings. The van der Waals surface area contributed by atoms with Gasteiger partial charge in [0.1, 0.15) is 17.3 Å². The third-order valence-electron chi connectivity index (χ3n) is 4.07. The molecule has 0 radical (unpaired) electrons. The van der Waals surface area contributed by atoms with Crippen LogP contribution in [0.4, 0.5) is 0 Å². The molecule has 1 aliphatic heterocycles. The molecule has 7 heteroatoms. The molecule has 0 spiro atoms. The number of benzene rings is 1. The molecular formula is C17H19NO5S. The van der Waals surface area contributed by atoms with Crippen LogP contribution < -0.4 is 0 Å². The molecule has 24 heavy (non-hydrogen) atoms. The van der Waals surface area contributed by atoms with Crippen LogP contribution in [0.1, 0.15) is 11.3 Å². The molecule has 2 heterocycles. The second kappa shape index (κ2) is 6.78. The quantitative estimate of drug-likeness (QED) is 0.856. The van der Waals surface area contributed by atoms with Crippen molar-refractivity contribution in [3.05, 3.63) is 47.7 Å². The van der Waals surface area contributed by atoms with Crippen molar-refractivity contribution in [2.45, 2.75) is 13.0 Å². The molecule has 0 unspecified atom stereocenters. The summed E-state index contributed by atoms with van der Waals surface area (Å²) >= 11 is 0. The maximum absolute atomic E-state index is 11.7. The summed E-state index contributed by atoms with van der Waals surface area (Å²) in [6.07, 6.45) is 0.723. The molecular weight excluding hydrogens is 330 g/mol. The fourth-order valence-corrected chi connectivity index (χ4v) is 3.91. The number of carbonyl (C=O) groups is 1. The van der Waals surface area contributed by atoms with E-state index in [1.54, 1.807) is 0 Å². The van der Waals surface area contributed by atoms with Crippen LogP contribution in [0.15, 0.2) is 40.8 Å². The molecule has 0 atom stereocenters. The number of aliphatic carboxylic acids is 1. The van der Waals surface area contributed by atoms with Gasteiger partial charge in [0.05, 0.1) is 5.75 Å². The molecule has 0 bridgehead atoms. The lowest BCUT2D eigenvalue weighted by atomic mass is 10.1. The van der Waals surface area contributed by atoms with Gasteiger partial charge in [-0.3, -0.25) is 9.69 Å². The molecule has 0 saturated heterocycles. The van der Waals surface area contributed by atoms with Gasteiger partial charge >= 0.3 is 5.97 Å². The van der Waals surface area contributed by atoms with Crippen molar-refractivity contribution < 1.29 is 22.7 Å². The van der Waals surface area contributed by atoms with E-state index in [9.17, 15) is 13.2 Å². The Balaban J connectivity index is 1.65. The number of rotatable bonds is 6. The van der Waals surface area contributed by atoms with Crippen LogP contribution in [0, 0.1) is 0 Å². The van der Waals surface area contributed by atoms with Crippen LogP contribution in [-0.4, -0.2) is 49.0 Å². The summed E-state index contributed by atoms with van der Waals surface area (Å²) in [5.74, 6) is -0.494. The van der Waals surface area contributed by atoms with E-state index in [2.05, 4.69) is 0 Å². The number of hydrogen-bond donors (Lipinski definition) is 1. The third kappa shape index (κ3) is 4.04. The fourth-order valence-electron chi connectivity index (χ4n) is 2.86. The van der Waals surface area contributed by atoms with Gasteiger partial charge in [-0.1, -0.05) is 30.3 Å². The zero-order valence-corrected chi connectivity index (χ0v) is 14.0. The number of hydrogen-bond acceptors (Lipinski definition) is 5. The van der Waals surface area contributed by atoms with Crippen molar-refractivity contribution >= 4 is 15.8 Å². The largest absolute Gasteiger partial charge is 0.480 e. The van der Waals surface area contributed by atoms with E-state index < -0.39 is 21.6 Å². The fraction of sp³-hybridized carbons (Fsp3) is 0.353. The Kier molecular flexibility index (Phi) is 4.73. The first-order valence-corrected chi connectivity index (χ1v) is 9.57. The Bertz CT molecular complexity index is 826. The highest BCUT2D eigenvalue weighted by Crippen LogP contribution is 2.29. The van der Waals surface area contributed by atoms with Gasteiger partial charge in [0.25, 0.3) is 0 Å². The standard InChI is InChI=1S/C17H19NO5S/c19-17(20)12-24(21,22)9-8-18-7-6-15-14(11-18)10-16(23-15)13-4-2-1-3-5-13/h1-5,10H,6-9,11-12H2,(H,19,20). The van der Waals surface area contributed by atoms with E-state index in [1.807, 2.05) is 41.3 Å². The Morgan fingerprint density at radius 2 is 2.00 bits per heavy atom. The van der Waals surface area contributed by atoms with Crippen LogP contribution in [0.2, 0.25) is 0 Å². The second-order valence-corrected chi connectivity index (χ2v) is 8.12. The Morgan fingerprint density at radius 1 is 1.25 bits per heavy atom. The van der Waals surface area contributed by atoms with E-state index in [4.69, 9.17) is 9.52 Å². The van der Waals surface area contributed by atoms with Gasteiger partial charge < -0.3 is 9.52 Å². The maximum Gasteiger partial charge on any atom is 0.318 e. The van der Waals surface area contributed by atoms with Crippen molar-refractivity contribution in [2.75, 3.05) is 24.6 Å². The van der Waals surface area contributed by atoms with Crippen molar-refractivity contribution in [3.63, 3.8) is 0 Å². The topological polar surface area (TPSA) is 87.8 Å². The lowest BCUT2D eigenvalue weighted by Gasteiger charge is -2.25. The van der Waals surface area contributed by atoms with E-state index in [0.717, 1.165) is 29.1 Å². The number of furan rings is 1. The molecule has 1 aromatic heterocycles. The SMILES string of the molecule is O=C(O)CS(=O)(=O)CCN1CCc2oc(-c3ccccc3)cc2C1. The molecule has 0 fully saturated rings. The van der Waals surface area contributed by atoms with Gasteiger partial charge in [-0.15, -0.1) is 0 Å². The minimum absolute atomic E-state index is 0.141. The minimum atomic E-state index is -3.56. The number of carboxylic acid groups (broad SMARTS) is 1. The Hall–Kier alpha value is -2.12. The van der Waals surface area contributed by atoms with E-state index in [-0.39, 0.29) is 5.75 Å². The highest BCUT2D eigenvalue weighted by molar-refractivity contribution is 7.92. The van der Waals surface area contributed by atoms with Gasteiger partial charge in [-0.05, 0) is 6.07 Å². The zero-order chi connectivity index (χ0) is 17.2. The summed E-state index contributed by atoms with van der Waals surface area (Å²) in [4.78, 5) is 12.6. The summed E-state index contributed by atoms with van der Waals surface area (Å²) in [6.45, 7) is 1.66. The number of nitrogens with zero attached hydrogens (tertiary/aromatic N) is 1. The van der Waals surface area contributed by atoms with Gasteiger partial charge in [-0.2, -0.15) is 0 Å². The normalized spacial score (nSPS) is 15.2. The summed E-state index contributed by atoms with van der Waals surface area (Å²) in [5.41, 5.74) is 2.08. The zero-order valence-electron chi connectivity index (χ0n) is 13.1. The predicted molar refractivity (Wildman–Crippen MR) is 89.4 cm³/mol. The summed E-state index contributed by atoms with van der Waals surface area (Å²) in [6, 6.07) is 11.8. The van der Waals surface area contributed by atoms with Crippen molar-refractivity contribution in [1.29, 1.82) is 0 Å². The maximum atomic E-state index is 11.7. The number of carboxylic acids is 1. The lowest BCUT2D eigenvalue weighted by molar-refractivity contribution is -0.134. The lowest BCUT2D eigenvalue weighted by Crippen LogP contribution is -2.35. The van der Waals surface area contributed by atoms with Crippen molar-refractivity contribution in [3.8, 4) is 11.3 Å². The highest BCUT2D eigenvalue weighted by Gasteiger charge is 2.23. The van der Waals surface area contributed by atoms with Gasteiger partial charge in [0.15, 0.2) is 9.84 Å². The van der Waals surface area contributed by atoms with Crippen LogP contribution in [0.5, 0.6) is 0 Å². The molecule has 2 aromatic rings. The van der Waals surface area contributed by atoms with Gasteiger partial charge in [0, 0.05) is 37.2 Å². The van der Waals surface area contributed by atoms with Crippen LogP contribution >= 0.6 is 0 Å². The molecule has 1 aromatic carbocycles. The third-order valence-corrected chi connectivity index (χ3v) is 5.56. The van der Waals surface area contributed by atoms with Crippen molar-refractivity contribution in [1.82, 2.24) is 4.90 Å². The average Bonchev–Trinajstić information content (AvgIpc) is 2.96. The van der Waals surface area contributed by atoms with Gasteiger partial charge in [-0.25, -0.2) is 8.42 Å².